The van der Waals surface area contributed by atoms with Crippen LogP contribution in [0.25, 0.3) is 0 Å². The average Bonchev–Trinajstić information content (AvgIpc) is 2.29. The third kappa shape index (κ3) is 5.38. The van der Waals surface area contributed by atoms with Crippen LogP contribution in [0.1, 0.15) is 58.8 Å². The quantitative estimate of drug-likeness (QED) is 0.702. The van der Waals surface area contributed by atoms with Crippen molar-refractivity contribution in [2.45, 2.75) is 58.8 Å². The van der Waals surface area contributed by atoms with Gasteiger partial charge in [-0.15, -0.1) is 0 Å². The Morgan fingerprint density at radius 3 is 2.41 bits per heavy atom. The van der Waals surface area contributed by atoms with Crippen LogP contribution in [0.3, 0.4) is 0 Å². The van der Waals surface area contributed by atoms with Gasteiger partial charge in [0, 0.05) is 0 Å². The van der Waals surface area contributed by atoms with Gasteiger partial charge in [-0.05, 0) is 24.7 Å². The van der Waals surface area contributed by atoms with Gasteiger partial charge in [0.1, 0.15) is 0 Å². The molecule has 0 aromatic carbocycles. The van der Waals surface area contributed by atoms with Crippen LogP contribution in [0.4, 0.5) is 0 Å². The van der Waals surface area contributed by atoms with Gasteiger partial charge in [-0.25, -0.2) is 0 Å². The van der Waals surface area contributed by atoms with E-state index in [1.54, 1.807) is 0 Å². The maximum Gasteiger partial charge on any atom is 0.307 e. The number of hydrogen-bond donors (Lipinski definition) is 1. The first-order chi connectivity index (χ1) is 8.11. The monoisotopic (exact) mass is 238 g/mol. The smallest absolute Gasteiger partial charge is 0.307 e. The Hall–Kier alpha value is -0.790. The van der Waals surface area contributed by atoms with Gasteiger partial charge in [0.15, 0.2) is 0 Å². The average molecular weight is 238 g/mol. The van der Waals surface area contributed by atoms with Gasteiger partial charge < -0.3 is 5.11 Å². The van der Waals surface area contributed by atoms with Gasteiger partial charge in [0.2, 0.25) is 0 Å². The van der Waals surface area contributed by atoms with E-state index in [4.69, 9.17) is 5.11 Å². The van der Waals surface area contributed by atoms with Gasteiger partial charge in [0.05, 0.1) is 5.92 Å². The molecule has 2 heteroatoms. The van der Waals surface area contributed by atoms with Gasteiger partial charge in [0.25, 0.3) is 0 Å². The number of carboxylic acids is 1. The Balaban J connectivity index is 2.25. The van der Waals surface area contributed by atoms with Gasteiger partial charge in [-0.1, -0.05) is 58.1 Å². The molecule has 17 heavy (non-hydrogen) atoms. The zero-order valence-electron chi connectivity index (χ0n) is 11.2. The lowest BCUT2D eigenvalue weighted by Gasteiger charge is -2.19. The number of carboxylic acid groups (broad SMARTS) is 1. The second kappa shape index (κ2) is 7.52. The molecule has 0 saturated heterocycles. The van der Waals surface area contributed by atoms with Crippen molar-refractivity contribution in [3.05, 3.63) is 12.2 Å². The summed E-state index contributed by atoms with van der Waals surface area (Å²) in [4.78, 5) is 11.0. The molecule has 1 aliphatic carbocycles. The molecular weight excluding hydrogens is 212 g/mol. The lowest BCUT2D eigenvalue weighted by molar-refractivity contribution is -0.143. The topological polar surface area (TPSA) is 37.3 Å². The van der Waals surface area contributed by atoms with Gasteiger partial charge in [-0.3, -0.25) is 4.79 Å². The maximum absolute atomic E-state index is 11.0. The molecule has 0 bridgehead atoms. The highest BCUT2D eigenvalue weighted by Crippen LogP contribution is 2.26. The zero-order valence-corrected chi connectivity index (χ0v) is 11.2. The lowest BCUT2D eigenvalue weighted by Crippen LogP contribution is -2.18. The first-order valence-electron chi connectivity index (χ1n) is 6.99. The Kier molecular flexibility index (Phi) is 6.31. The molecule has 0 heterocycles. The van der Waals surface area contributed by atoms with Crippen molar-refractivity contribution in [1.29, 1.82) is 0 Å². The first kappa shape index (κ1) is 14.3. The number of hydrogen-bond acceptors (Lipinski definition) is 1. The molecule has 1 aliphatic rings. The Labute approximate surface area is 105 Å². The molecule has 0 unspecified atom stereocenters. The fourth-order valence-electron chi connectivity index (χ4n) is 2.61. The molecule has 1 N–H and O–H groups in total. The van der Waals surface area contributed by atoms with E-state index in [9.17, 15) is 4.79 Å². The Morgan fingerprint density at radius 1 is 1.24 bits per heavy atom. The molecule has 0 radical (unpaired) electrons. The summed E-state index contributed by atoms with van der Waals surface area (Å²) >= 11 is 0. The van der Waals surface area contributed by atoms with Gasteiger partial charge >= 0.3 is 5.97 Å². The predicted molar refractivity (Wildman–Crippen MR) is 70.9 cm³/mol. The molecule has 0 aromatic rings. The molecule has 0 spiro atoms. The second-order valence-corrected chi connectivity index (χ2v) is 5.64. The van der Waals surface area contributed by atoms with Gasteiger partial charge in [-0.2, -0.15) is 0 Å². The molecule has 0 aromatic heterocycles. The van der Waals surface area contributed by atoms with Crippen molar-refractivity contribution in [3.8, 4) is 0 Å². The first-order valence-corrected chi connectivity index (χ1v) is 6.99. The van der Waals surface area contributed by atoms with E-state index >= 15 is 0 Å². The molecule has 1 fully saturated rings. The molecular formula is C15H26O2. The van der Waals surface area contributed by atoms with E-state index < -0.39 is 5.97 Å². The largest absolute Gasteiger partial charge is 0.481 e. The van der Waals surface area contributed by atoms with Crippen LogP contribution in [-0.4, -0.2) is 11.1 Å². The maximum atomic E-state index is 11.0. The Bertz CT molecular complexity index is 250. The minimum atomic E-state index is -0.665. The lowest BCUT2D eigenvalue weighted by atomic mass is 9.86. The summed E-state index contributed by atoms with van der Waals surface area (Å²) < 4.78 is 0. The molecule has 2 nitrogen and oxygen atoms in total. The van der Waals surface area contributed by atoms with Crippen LogP contribution in [-0.2, 0) is 4.79 Å². The van der Waals surface area contributed by atoms with Crippen LogP contribution in [0, 0.1) is 17.8 Å². The van der Waals surface area contributed by atoms with Crippen LogP contribution < -0.4 is 0 Å². The van der Waals surface area contributed by atoms with Crippen molar-refractivity contribution in [2.75, 3.05) is 0 Å². The normalized spacial score (nSPS) is 19.9. The van der Waals surface area contributed by atoms with E-state index in [-0.39, 0.29) is 11.8 Å². The number of carbonyl (C=O) groups is 1. The summed E-state index contributed by atoms with van der Waals surface area (Å²) in [5.74, 6) is 0.175. The summed E-state index contributed by atoms with van der Waals surface area (Å²) in [7, 11) is 0. The number of aliphatic carboxylic acids is 1. The molecule has 1 rings (SSSR count). The van der Waals surface area contributed by atoms with Crippen LogP contribution in [0.15, 0.2) is 12.2 Å². The number of allylic oxidation sites excluding steroid dienone is 2. The van der Waals surface area contributed by atoms with Crippen LogP contribution in [0.2, 0.25) is 0 Å². The third-order valence-corrected chi connectivity index (χ3v) is 3.87. The SMILES string of the molecule is CC(C)[C@H](CC=CCC1CCCCC1)C(=O)O. The summed E-state index contributed by atoms with van der Waals surface area (Å²) in [5.41, 5.74) is 0. The summed E-state index contributed by atoms with van der Waals surface area (Å²) in [6.07, 6.45) is 13.0. The standard InChI is InChI=1S/C15H26O2/c1-12(2)14(15(16)17)11-7-6-10-13-8-4-3-5-9-13/h6-7,12-14H,3-5,8-11H2,1-2H3,(H,16,17)/t14-/m0/s1. The van der Waals surface area contributed by atoms with Crippen LogP contribution >= 0.6 is 0 Å². The zero-order chi connectivity index (χ0) is 12.7. The molecule has 1 atom stereocenters. The van der Waals surface area contributed by atoms with E-state index in [0.29, 0.717) is 6.42 Å². The molecule has 0 aliphatic heterocycles. The number of rotatable bonds is 6. The van der Waals surface area contributed by atoms with E-state index in [0.717, 1.165) is 12.3 Å². The highest BCUT2D eigenvalue weighted by molar-refractivity contribution is 5.70. The molecule has 0 amide bonds. The minimum absolute atomic E-state index is 0.215. The van der Waals surface area contributed by atoms with Crippen molar-refractivity contribution >= 4 is 5.97 Å². The second-order valence-electron chi connectivity index (χ2n) is 5.64. The summed E-state index contributed by atoms with van der Waals surface area (Å²) in [5, 5.41) is 9.06. The predicted octanol–water partition coefficient (Wildman–Crippen LogP) is 4.26. The fraction of sp³-hybridized carbons (Fsp3) is 0.800. The van der Waals surface area contributed by atoms with E-state index in [2.05, 4.69) is 12.2 Å². The van der Waals surface area contributed by atoms with Crippen molar-refractivity contribution in [1.82, 2.24) is 0 Å². The highest BCUT2D eigenvalue weighted by atomic mass is 16.4. The minimum Gasteiger partial charge on any atom is -0.481 e. The molecule has 98 valence electrons. The fourth-order valence-corrected chi connectivity index (χ4v) is 2.61. The summed E-state index contributed by atoms with van der Waals surface area (Å²) in [6, 6.07) is 0. The van der Waals surface area contributed by atoms with Crippen molar-refractivity contribution < 1.29 is 9.90 Å². The molecule has 1 saturated carbocycles. The highest BCUT2D eigenvalue weighted by Gasteiger charge is 2.19. The van der Waals surface area contributed by atoms with Crippen molar-refractivity contribution in [2.24, 2.45) is 17.8 Å². The van der Waals surface area contributed by atoms with Crippen molar-refractivity contribution in [3.63, 3.8) is 0 Å². The Morgan fingerprint density at radius 2 is 1.88 bits per heavy atom. The third-order valence-electron chi connectivity index (χ3n) is 3.87. The van der Waals surface area contributed by atoms with E-state index in [1.807, 2.05) is 13.8 Å². The summed E-state index contributed by atoms with van der Waals surface area (Å²) in [6.45, 7) is 3.96. The van der Waals surface area contributed by atoms with E-state index in [1.165, 1.54) is 32.1 Å². The van der Waals surface area contributed by atoms with Crippen LogP contribution in [0.5, 0.6) is 0 Å².